The summed E-state index contributed by atoms with van der Waals surface area (Å²) in [6.07, 6.45) is 11.4. The third-order valence-electron chi connectivity index (χ3n) is 13.8. The summed E-state index contributed by atoms with van der Waals surface area (Å²) < 4.78 is 0. The lowest BCUT2D eigenvalue weighted by molar-refractivity contribution is -0.247. The summed E-state index contributed by atoms with van der Waals surface area (Å²) in [6, 6.07) is 0. The average Bonchev–Trinajstić information content (AvgIpc) is 3.13. The van der Waals surface area contributed by atoms with E-state index in [0.29, 0.717) is 40.4 Å². The Morgan fingerprint density at radius 2 is 1.52 bits per heavy atom. The van der Waals surface area contributed by atoms with Gasteiger partial charge in [0.1, 0.15) is 0 Å². The first kappa shape index (κ1) is 24.1. The Kier molecular flexibility index (Phi) is 5.29. The van der Waals surface area contributed by atoms with Crippen LogP contribution < -0.4 is 5.73 Å². The van der Waals surface area contributed by atoms with E-state index in [0.717, 1.165) is 25.2 Å². The largest absolute Gasteiger partial charge is 0.393 e. The maximum Gasteiger partial charge on any atom is 0.223 e. The molecule has 0 aromatic rings. The Labute approximate surface area is 203 Å². The number of hydrogen-bond donors (Lipinski definition) is 2. The predicted octanol–water partition coefficient (Wildman–Crippen LogP) is 6.57. The third kappa shape index (κ3) is 2.81. The van der Waals surface area contributed by atoms with Gasteiger partial charge in [0.15, 0.2) is 0 Å². The minimum atomic E-state index is -0.250. The zero-order valence-electron chi connectivity index (χ0n) is 22.5. The number of nitrogens with two attached hydrogens (primary N) is 1. The fraction of sp³-hybridized carbons (Fsp3) is 0.967. The number of aliphatic hydroxyl groups excluding tert-OH is 1. The SMILES string of the molecule is CC(C)[C@@H]1CC[C@]2(C(N)=O)CC[C@]3(C)C(CCC4[C@@]5(C)CC[C@H](O)C(C)(C)C5CC[C@]43C)C12. The topological polar surface area (TPSA) is 63.3 Å². The molecule has 0 saturated heterocycles. The molecule has 5 aliphatic rings. The zero-order valence-corrected chi connectivity index (χ0v) is 22.5. The van der Waals surface area contributed by atoms with E-state index in [-0.39, 0.29) is 28.3 Å². The van der Waals surface area contributed by atoms with Crippen LogP contribution in [0.2, 0.25) is 0 Å². The first-order valence-electron chi connectivity index (χ1n) is 14.2. The van der Waals surface area contributed by atoms with Gasteiger partial charge in [0.05, 0.1) is 11.5 Å². The highest BCUT2D eigenvalue weighted by Crippen LogP contribution is 2.77. The zero-order chi connectivity index (χ0) is 24.2. The number of fused-ring (bicyclic) bond motifs is 7. The second kappa shape index (κ2) is 7.23. The van der Waals surface area contributed by atoms with Crippen LogP contribution >= 0.6 is 0 Å². The lowest BCUT2D eigenvalue weighted by atomic mass is 9.32. The van der Waals surface area contributed by atoms with Crippen molar-refractivity contribution in [1.29, 1.82) is 0 Å². The van der Waals surface area contributed by atoms with Gasteiger partial charge in [-0.15, -0.1) is 0 Å². The van der Waals surface area contributed by atoms with Crippen LogP contribution in [0, 0.1) is 62.6 Å². The van der Waals surface area contributed by atoms with Crippen molar-refractivity contribution in [3.63, 3.8) is 0 Å². The second-order valence-electron chi connectivity index (χ2n) is 15.0. The highest BCUT2D eigenvalue weighted by molar-refractivity contribution is 5.82. The highest BCUT2D eigenvalue weighted by atomic mass is 16.3. The van der Waals surface area contributed by atoms with Crippen molar-refractivity contribution in [2.45, 2.75) is 119 Å². The second-order valence-corrected chi connectivity index (χ2v) is 15.0. The van der Waals surface area contributed by atoms with Crippen molar-refractivity contribution in [1.82, 2.24) is 0 Å². The molecule has 5 rings (SSSR count). The molecule has 0 heterocycles. The molecule has 0 radical (unpaired) electrons. The van der Waals surface area contributed by atoms with E-state index in [4.69, 9.17) is 5.73 Å². The molecule has 1 amide bonds. The number of rotatable bonds is 2. The molecule has 4 unspecified atom stereocenters. The molecule has 0 spiro atoms. The number of aliphatic hydroxyl groups is 1. The van der Waals surface area contributed by atoms with Gasteiger partial charge in [0.2, 0.25) is 5.91 Å². The van der Waals surface area contributed by atoms with E-state index in [1.807, 2.05) is 0 Å². The lowest BCUT2D eigenvalue weighted by Gasteiger charge is -2.72. The fourth-order valence-electron chi connectivity index (χ4n) is 11.8. The minimum absolute atomic E-state index is 0.00339. The number of primary amides is 1. The molecule has 5 aliphatic carbocycles. The van der Waals surface area contributed by atoms with Crippen molar-refractivity contribution in [2.75, 3.05) is 0 Å². The van der Waals surface area contributed by atoms with Crippen LogP contribution in [0.5, 0.6) is 0 Å². The van der Waals surface area contributed by atoms with Gasteiger partial charge in [0.25, 0.3) is 0 Å². The maximum absolute atomic E-state index is 13.0. The Morgan fingerprint density at radius 3 is 2.15 bits per heavy atom. The lowest BCUT2D eigenvalue weighted by Crippen LogP contribution is -2.67. The third-order valence-corrected chi connectivity index (χ3v) is 13.8. The maximum atomic E-state index is 13.0. The summed E-state index contributed by atoms with van der Waals surface area (Å²) in [6.45, 7) is 17.3. The van der Waals surface area contributed by atoms with Gasteiger partial charge in [-0.2, -0.15) is 0 Å². The van der Waals surface area contributed by atoms with Crippen LogP contribution in [-0.4, -0.2) is 17.1 Å². The fourth-order valence-corrected chi connectivity index (χ4v) is 11.8. The monoisotopic (exact) mass is 457 g/mol. The molecule has 3 nitrogen and oxygen atoms in total. The molecule has 0 bridgehead atoms. The van der Waals surface area contributed by atoms with Gasteiger partial charge in [-0.25, -0.2) is 0 Å². The van der Waals surface area contributed by atoms with Gasteiger partial charge in [-0.05, 0) is 121 Å². The van der Waals surface area contributed by atoms with Crippen LogP contribution in [0.15, 0.2) is 0 Å². The van der Waals surface area contributed by atoms with Gasteiger partial charge < -0.3 is 10.8 Å². The van der Waals surface area contributed by atoms with Gasteiger partial charge in [-0.1, -0.05) is 48.5 Å². The van der Waals surface area contributed by atoms with E-state index >= 15 is 0 Å². The number of carbonyl (C=O) groups is 1. The molecule has 3 N–H and O–H groups in total. The van der Waals surface area contributed by atoms with Gasteiger partial charge in [0, 0.05) is 0 Å². The molecule has 0 aliphatic heterocycles. The van der Waals surface area contributed by atoms with Crippen molar-refractivity contribution < 1.29 is 9.90 Å². The van der Waals surface area contributed by atoms with E-state index < -0.39 is 0 Å². The molecule has 5 saturated carbocycles. The molecule has 0 aromatic heterocycles. The first-order chi connectivity index (χ1) is 15.3. The molecular weight excluding hydrogens is 406 g/mol. The predicted molar refractivity (Wildman–Crippen MR) is 134 cm³/mol. The Bertz CT molecular complexity index is 820. The molecule has 5 fully saturated rings. The number of hydrogen-bond acceptors (Lipinski definition) is 2. The molecule has 33 heavy (non-hydrogen) atoms. The summed E-state index contributed by atoms with van der Waals surface area (Å²) in [5.74, 6) is 3.69. The highest BCUT2D eigenvalue weighted by Gasteiger charge is 2.71. The van der Waals surface area contributed by atoms with E-state index in [1.165, 1.54) is 44.9 Å². The molecular formula is C30H51NO2. The van der Waals surface area contributed by atoms with Crippen LogP contribution in [0.4, 0.5) is 0 Å². The molecule has 10 atom stereocenters. The normalized spacial score (nSPS) is 55.3. The minimum Gasteiger partial charge on any atom is -0.393 e. The van der Waals surface area contributed by atoms with Crippen molar-refractivity contribution in [3.05, 3.63) is 0 Å². The van der Waals surface area contributed by atoms with E-state index in [2.05, 4.69) is 48.5 Å². The Hall–Kier alpha value is -0.570. The van der Waals surface area contributed by atoms with Crippen LogP contribution in [-0.2, 0) is 4.79 Å². The summed E-state index contributed by atoms with van der Waals surface area (Å²) in [5.41, 5.74) is 6.89. The van der Waals surface area contributed by atoms with Crippen LogP contribution in [0.3, 0.4) is 0 Å². The van der Waals surface area contributed by atoms with Gasteiger partial charge in [-0.3, -0.25) is 4.79 Å². The first-order valence-corrected chi connectivity index (χ1v) is 14.2. The summed E-state index contributed by atoms with van der Waals surface area (Å²) in [5, 5.41) is 10.9. The molecule has 3 heteroatoms. The van der Waals surface area contributed by atoms with E-state index in [9.17, 15) is 9.90 Å². The number of carbonyl (C=O) groups excluding carboxylic acids is 1. The molecule has 188 valence electrons. The van der Waals surface area contributed by atoms with Crippen LogP contribution in [0.1, 0.15) is 113 Å². The Balaban J connectivity index is 1.56. The average molecular weight is 458 g/mol. The van der Waals surface area contributed by atoms with E-state index in [1.54, 1.807) is 0 Å². The Morgan fingerprint density at radius 1 is 0.818 bits per heavy atom. The quantitative estimate of drug-likeness (QED) is 0.492. The standard InChI is InChI=1S/C30H51NO2/c1-18(2)19-10-15-30(25(31)33)17-16-28(6)20(24(19)30)8-9-22-27(5)13-12-23(32)26(3,4)21(27)11-14-29(22,28)7/h18-24,32H,8-17H2,1-7H3,(H2,31,33)/t19-,20?,21?,22?,23-,24?,27-,28+,29+,30-/m0/s1. The molecule has 0 aromatic carbocycles. The summed E-state index contributed by atoms with van der Waals surface area (Å²) in [7, 11) is 0. The number of amides is 1. The summed E-state index contributed by atoms with van der Waals surface area (Å²) in [4.78, 5) is 13.0. The van der Waals surface area contributed by atoms with Crippen LogP contribution in [0.25, 0.3) is 0 Å². The van der Waals surface area contributed by atoms with Crippen molar-refractivity contribution in [3.8, 4) is 0 Å². The van der Waals surface area contributed by atoms with Crippen molar-refractivity contribution >= 4 is 5.91 Å². The summed E-state index contributed by atoms with van der Waals surface area (Å²) >= 11 is 0. The smallest absolute Gasteiger partial charge is 0.223 e. The van der Waals surface area contributed by atoms with Gasteiger partial charge >= 0.3 is 0 Å². The van der Waals surface area contributed by atoms with Crippen molar-refractivity contribution in [2.24, 2.45) is 68.3 Å².